The predicted molar refractivity (Wildman–Crippen MR) is 46.3 cm³/mol. The second-order valence-electron chi connectivity index (χ2n) is 2.77. The van der Waals surface area contributed by atoms with Crippen molar-refractivity contribution in [3.63, 3.8) is 0 Å². The van der Waals surface area contributed by atoms with Crippen molar-refractivity contribution in [1.29, 1.82) is 0 Å². The number of hydrogen-bond donors (Lipinski definition) is 1. The van der Waals surface area contributed by atoms with Crippen molar-refractivity contribution in [3.8, 4) is 0 Å². The first-order valence-corrected chi connectivity index (χ1v) is 3.74. The van der Waals surface area contributed by atoms with E-state index < -0.39 is 0 Å². The van der Waals surface area contributed by atoms with E-state index in [9.17, 15) is 0 Å². The standard InChI is InChI=1S/C9H10N2/c10-8-5-7-3-1-2-4-9(7)11-6-8/h1-4,6,8H,5,10H2. The second-order valence-corrected chi connectivity index (χ2v) is 2.77. The molecule has 1 unspecified atom stereocenters. The van der Waals surface area contributed by atoms with Gasteiger partial charge in [-0.2, -0.15) is 0 Å². The van der Waals surface area contributed by atoms with E-state index in [1.54, 1.807) is 0 Å². The van der Waals surface area contributed by atoms with Crippen LogP contribution in [0.25, 0.3) is 0 Å². The minimum absolute atomic E-state index is 0.102. The molecule has 2 N–H and O–H groups in total. The third kappa shape index (κ3) is 1.17. The summed E-state index contributed by atoms with van der Waals surface area (Å²) in [5, 5.41) is 0. The fourth-order valence-electron chi connectivity index (χ4n) is 1.29. The molecule has 1 aliphatic heterocycles. The first-order valence-electron chi connectivity index (χ1n) is 3.74. The van der Waals surface area contributed by atoms with E-state index in [-0.39, 0.29) is 6.04 Å². The number of hydrogen-bond acceptors (Lipinski definition) is 2. The zero-order chi connectivity index (χ0) is 7.68. The molecule has 0 saturated carbocycles. The maximum atomic E-state index is 5.70. The number of benzene rings is 1. The van der Waals surface area contributed by atoms with E-state index in [1.165, 1.54) is 5.56 Å². The number of rotatable bonds is 0. The normalized spacial score (nSPS) is 21.4. The van der Waals surface area contributed by atoms with Gasteiger partial charge in [-0.25, -0.2) is 0 Å². The number of nitrogens with two attached hydrogens (primary N) is 1. The number of aliphatic imine (C=N–C) groups is 1. The van der Waals surface area contributed by atoms with Crippen LogP contribution < -0.4 is 5.73 Å². The molecule has 0 aromatic heterocycles. The summed E-state index contributed by atoms with van der Waals surface area (Å²) < 4.78 is 0. The molecule has 0 radical (unpaired) electrons. The molecule has 0 amide bonds. The Hall–Kier alpha value is -1.15. The van der Waals surface area contributed by atoms with E-state index in [1.807, 2.05) is 24.4 Å². The third-order valence-corrected chi connectivity index (χ3v) is 1.85. The van der Waals surface area contributed by atoms with Gasteiger partial charge in [0.15, 0.2) is 0 Å². The van der Waals surface area contributed by atoms with Crippen LogP contribution in [0.4, 0.5) is 5.69 Å². The van der Waals surface area contributed by atoms with Crippen LogP contribution in [0.5, 0.6) is 0 Å². The first kappa shape index (κ1) is 6.55. The molecule has 1 heterocycles. The van der Waals surface area contributed by atoms with Crippen LogP contribution in [-0.2, 0) is 6.42 Å². The van der Waals surface area contributed by atoms with Crippen molar-refractivity contribution in [3.05, 3.63) is 29.8 Å². The summed E-state index contributed by atoms with van der Waals surface area (Å²) in [6, 6.07) is 8.20. The first-order chi connectivity index (χ1) is 5.36. The van der Waals surface area contributed by atoms with Crippen LogP contribution in [0.1, 0.15) is 5.56 Å². The van der Waals surface area contributed by atoms with Crippen LogP contribution >= 0.6 is 0 Å². The highest BCUT2D eigenvalue weighted by atomic mass is 14.8. The zero-order valence-corrected chi connectivity index (χ0v) is 6.20. The molecule has 11 heavy (non-hydrogen) atoms. The van der Waals surface area contributed by atoms with Gasteiger partial charge in [0.2, 0.25) is 0 Å². The van der Waals surface area contributed by atoms with Crippen molar-refractivity contribution in [1.82, 2.24) is 0 Å². The summed E-state index contributed by atoms with van der Waals surface area (Å²) in [5.74, 6) is 0. The Morgan fingerprint density at radius 3 is 3.09 bits per heavy atom. The summed E-state index contributed by atoms with van der Waals surface area (Å²) in [6.45, 7) is 0. The second kappa shape index (κ2) is 2.47. The van der Waals surface area contributed by atoms with Crippen molar-refractivity contribution in [2.24, 2.45) is 10.7 Å². The van der Waals surface area contributed by atoms with Gasteiger partial charge < -0.3 is 5.73 Å². The Morgan fingerprint density at radius 2 is 2.18 bits per heavy atom. The summed E-state index contributed by atoms with van der Waals surface area (Å²) >= 11 is 0. The average molecular weight is 146 g/mol. The highest BCUT2D eigenvalue weighted by molar-refractivity contribution is 5.73. The smallest absolute Gasteiger partial charge is 0.0659 e. The van der Waals surface area contributed by atoms with E-state index in [0.717, 1.165) is 12.1 Å². The van der Waals surface area contributed by atoms with Gasteiger partial charge in [0.1, 0.15) is 0 Å². The van der Waals surface area contributed by atoms with Crippen LogP contribution in [0, 0.1) is 0 Å². The van der Waals surface area contributed by atoms with Gasteiger partial charge in [0, 0.05) is 12.3 Å². The summed E-state index contributed by atoms with van der Waals surface area (Å²) in [7, 11) is 0. The molecule has 1 atom stereocenters. The SMILES string of the molecule is NC1C=Nc2ccccc2C1. The topological polar surface area (TPSA) is 38.4 Å². The van der Waals surface area contributed by atoms with Crippen molar-refractivity contribution in [2.45, 2.75) is 12.5 Å². The molecule has 56 valence electrons. The molecule has 1 aliphatic rings. The zero-order valence-electron chi connectivity index (χ0n) is 6.20. The van der Waals surface area contributed by atoms with Crippen LogP contribution in [0.3, 0.4) is 0 Å². The fourth-order valence-corrected chi connectivity index (χ4v) is 1.29. The molecule has 2 nitrogen and oxygen atoms in total. The molecule has 0 bridgehead atoms. The number of fused-ring (bicyclic) bond motifs is 1. The Balaban J connectivity index is 2.46. The van der Waals surface area contributed by atoms with Crippen LogP contribution in [0.2, 0.25) is 0 Å². The third-order valence-electron chi connectivity index (χ3n) is 1.85. The molecular weight excluding hydrogens is 136 g/mol. The molecule has 2 heteroatoms. The number of nitrogens with zero attached hydrogens (tertiary/aromatic N) is 1. The van der Waals surface area contributed by atoms with Gasteiger partial charge in [-0.3, -0.25) is 4.99 Å². The maximum absolute atomic E-state index is 5.70. The Kier molecular flexibility index (Phi) is 1.47. The van der Waals surface area contributed by atoms with Crippen molar-refractivity contribution in [2.75, 3.05) is 0 Å². The van der Waals surface area contributed by atoms with Crippen molar-refractivity contribution < 1.29 is 0 Å². The summed E-state index contributed by atoms with van der Waals surface area (Å²) in [5.41, 5.74) is 8.02. The van der Waals surface area contributed by atoms with Gasteiger partial charge in [0.25, 0.3) is 0 Å². The Labute approximate surface area is 65.8 Å². The van der Waals surface area contributed by atoms with Crippen molar-refractivity contribution >= 4 is 11.9 Å². The molecule has 0 fully saturated rings. The number of para-hydroxylation sites is 1. The summed E-state index contributed by atoms with van der Waals surface area (Å²) in [4.78, 5) is 4.22. The predicted octanol–water partition coefficient (Wildman–Crippen LogP) is 1.27. The Morgan fingerprint density at radius 1 is 1.36 bits per heavy atom. The fraction of sp³-hybridized carbons (Fsp3) is 0.222. The highest BCUT2D eigenvalue weighted by Crippen LogP contribution is 2.22. The average Bonchev–Trinajstić information content (AvgIpc) is 2.04. The molecule has 0 spiro atoms. The Bertz CT molecular complexity index is 291. The lowest BCUT2D eigenvalue weighted by Gasteiger charge is -2.13. The minimum atomic E-state index is 0.102. The highest BCUT2D eigenvalue weighted by Gasteiger charge is 2.09. The molecule has 1 aromatic carbocycles. The molecular formula is C9H10N2. The van der Waals surface area contributed by atoms with Gasteiger partial charge in [-0.1, -0.05) is 18.2 Å². The van der Waals surface area contributed by atoms with Gasteiger partial charge >= 0.3 is 0 Å². The van der Waals surface area contributed by atoms with Gasteiger partial charge in [0.05, 0.1) is 5.69 Å². The van der Waals surface area contributed by atoms with Crippen LogP contribution in [0.15, 0.2) is 29.3 Å². The lowest BCUT2D eigenvalue weighted by molar-refractivity contribution is 0.850. The van der Waals surface area contributed by atoms with E-state index in [4.69, 9.17) is 5.73 Å². The minimum Gasteiger partial charge on any atom is -0.323 e. The van der Waals surface area contributed by atoms with Gasteiger partial charge in [-0.15, -0.1) is 0 Å². The molecule has 2 rings (SSSR count). The molecule has 0 saturated heterocycles. The van der Waals surface area contributed by atoms with Crippen LogP contribution in [-0.4, -0.2) is 12.3 Å². The quantitative estimate of drug-likeness (QED) is 0.588. The summed E-state index contributed by atoms with van der Waals surface area (Å²) in [6.07, 6.45) is 2.72. The lowest BCUT2D eigenvalue weighted by atomic mass is 10.0. The van der Waals surface area contributed by atoms with E-state index >= 15 is 0 Å². The molecule has 1 aromatic rings. The van der Waals surface area contributed by atoms with Gasteiger partial charge in [-0.05, 0) is 18.1 Å². The lowest BCUT2D eigenvalue weighted by Crippen LogP contribution is -2.26. The van der Waals surface area contributed by atoms with E-state index in [2.05, 4.69) is 11.1 Å². The monoisotopic (exact) mass is 146 g/mol. The maximum Gasteiger partial charge on any atom is 0.0659 e. The molecule has 0 aliphatic carbocycles. The van der Waals surface area contributed by atoms with E-state index in [0.29, 0.717) is 0 Å². The largest absolute Gasteiger partial charge is 0.323 e.